The third-order valence-corrected chi connectivity index (χ3v) is 5.66. The summed E-state index contributed by atoms with van der Waals surface area (Å²) >= 11 is 6.35. The molecule has 0 unspecified atom stereocenters. The first-order chi connectivity index (χ1) is 17.4. The summed E-state index contributed by atoms with van der Waals surface area (Å²) in [5.74, 6) is -0.148. The number of hydrogen-bond donors (Lipinski definition) is 2. The predicted molar refractivity (Wildman–Crippen MR) is 134 cm³/mol. The molecule has 0 aliphatic heterocycles. The number of nitrogens with zero attached hydrogens (tertiary/aromatic N) is 5. The standard InChI is InChI=1S/C25H20ClN7O3/c1-32-12-17(11-29-32)16-5-7-22-30-21(14-33(22)13-16)31-23(34)10-15-4-6-20(19(26)9-15)36-25-18(24(27)35)3-2-8-28-25/h2-9,11-14H,10H2,1H3,(H2,27,35)(H,31,34). The van der Waals surface area contributed by atoms with Crippen LogP contribution in [0, 0.1) is 0 Å². The van der Waals surface area contributed by atoms with Gasteiger partial charge in [-0.2, -0.15) is 5.10 Å². The summed E-state index contributed by atoms with van der Waals surface area (Å²) in [5.41, 5.74) is 8.84. The van der Waals surface area contributed by atoms with Crippen molar-refractivity contribution in [3.63, 3.8) is 0 Å². The Morgan fingerprint density at radius 1 is 1.11 bits per heavy atom. The number of nitrogens with two attached hydrogens (primary N) is 1. The third-order valence-electron chi connectivity index (χ3n) is 5.36. The number of carbonyl (C=O) groups is 2. The summed E-state index contributed by atoms with van der Waals surface area (Å²) in [4.78, 5) is 32.7. The van der Waals surface area contributed by atoms with Gasteiger partial charge in [0.1, 0.15) is 17.0 Å². The fourth-order valence-electron chi connectivity index (χ4n) is 3.67. The Morgan fingerprint density at radius 2 is 1.97 bits per heavy atom. The first-order valence-corrected chi connectivity index (χ1v) is 11.2. The second-order valence-corrected chi connectivity index (χ2v) is 8.43. The van der Waals surface area contributed by atoms with Crippen LogP contribution >= 0.6 is 11.6 Å². The summed E-state index contributed by atoms with van der Waals surface area (Å²) in [7, 11) is 1.86. The Balaban J connectivity index is 1.27. The Morgan fingerprint density at radius 3 is 2.72 bits per heavy atom. The third kappa shape index (κ3) is 4.89. The summed E-state index contributed by atoms with van der Waals surface area (Å²) in [6, 6.07) is 11.9. The monoisotopic (exact) mass is 501 g/mol. The molecule has 0 fully saturated rings. The first kappa shape index (κ1) is 23.1. The summed E-state index contributed by atoms with van der Waals surface area (Å²) < 4.78 is 9.25. The molecule has 0 aliphatic carbocycles. The lowest BCUT2D eigenvalue weighted by Crippen LogP contribution is -2.14. The van der Waals surface area contributed by atoms with Crippen LogP contribution in [0.5, 0.6) is 11.6 Å². The number of primary amides is 1. The van der Waals surface area contributed by atoms with Gasteiger partial charge in [0.05, 0.1) is 23.8 Å². The van der Waals surface area contributed by atoms with Gasteiger partial charge in [-0.3, -0.25) is 14.3 Å². The molecule has 0 atom stereocenters. The van der Waals surface area contributed by atoms with E-state index < -0.39 is 5.91 Å². The fourth-order valence-corrected chi connectivity index (χ4v) is 3.91. The number of aryl methyl sites for hydroxylation is 1. The van der Waals surface area contributed by atoms with E-state index in [0.717, 1.165) is 11.1 Å². The van der Waals surface area contributed by atoms with Gasteiger partial charge >= 0.3 is 0 Å². The van der Waals surface area contributed by atoms with E-state index in [-0.39, 0.29) is 34.5 Å². The molecule has 0 radical (unpaired) electrons. The Bertz CT molecular complexity index is 1610. The van der Waals surface area contributed by atoms with Gasteiger partial charge in [0.2, 0.25) is 11.8 Å². The molecule has 10 nitrogen and oxygen atoms in total. The molecule has 0 saturated carbocycles. The Kier molecular flexibility index (Phi) is 6.09. The molecule has 2 amide bonds. The van der Waals surface area contributed by atoms with Crippen molar-refractivity contribution in [2.45, 2.75) is 6.42 Å². The SMILES string of the molecule is Cn1cc(-c2ccc3nc(NC(=O)Cc4ccc(Oc5ncccc5C(N)=O)c(Cl)c4)cn3c2)cn1. The Labute approximate surface area is 210 Å². The number of ether oxygens (including phenoxy) is 1. The summed E-state index contributed by atoms with van der Waals surface area (Å²) in [6.45, 7) is 0. The average Bonchev–Trinajstić information content (AvgIpc) is 3.45. The lowest BCUT2D eigenvalue weighted by Gasteiger charge is -2.10. The number of pyridine rings is 2. The van der Waals surface area contributed by atoms with Crippen molar-refractivity contribution >= 4 is 34.9 Å². The van der Waals surface area contributed by atoms with E-state index in [2.05, 4.69) is 20.4 Å². The van der Waals surface area contributed by atoms with Crippen molar-refractivity contribution in [1.82, 2.24) is 24.1 Å². The van der Waals surface area contributed by atoms with Gasteiger partial charge in [-0.05, 0) is 42.0 Å². The van der Waals surface area contributed by atoms with Gasteiger partial charge < -0.3 is 20.2 Å². The molecule has 0 spiro atoms. The highest BCUT2D eigenvalue weighted by atomic mass is 35.5. The zero-order valence-electron chi connectivity index (χ0n) is 19.1. The van der Waals surface area contributed by atoms with Crippen LogP contribution in [-0.2, 0) is 18.3 Å². The molecule has 1 aromatic carbocycles. The molecule has 5 aromatic rings. The fraction of sp³-hybridized carbons (Fsp3) is 0.0800. The molecule has 0 bridgehead atoms. The van der Waals surface area contributed by atoms with E-state index in [4.69, 9.17) is 22.1 Å². The number of carbonyl (C=O) groups excluding carboxylic acids is 2. The van der Waals surface area contributed by atoms with E-state index in [1.54, 1.807) is 41.3 Å². The number of nitrogens with one attached hydrogen (secondary N) is 1. The number of fused-ring (bicyclic) bond motifs is 1. The molecule has 36 heavy (non-hydrogen) atoms. The van der Waals surface area contributed by atoms with Gasteiger partial charge in [-0.1, -0.05) is 17.7 Å². The van der Waals surface area contributed by atoms with Crippen molar-refractivity contribution < 1.29 is 14.3 Å². The molecule has 11 heteroatoms. The zero-order chi connectivity index (χ0) is 25.2. The van der Waals surface area contributed by atoms with Crippen molar-refractivity contribution in [2.24, 2.45) is 12.8 Å². The van der Waals surface area contributed by atoms with Crippen molar-refractivity contribution in [3.8, 4) is 22.8 Å². The molecular weight excluding hydrogens is 482 g/mol. The molecule has 0 aliphatic rings. The quantitative estimate of drug-likeness (QED) is 0.348. The van der Waals surface area contributed by atoms with Crippen molar-refractivity contribution in [1.29, 1.82) is 0 Å². The number of halogens is 1. The van der Waals surface area contributed by atoms with Gasteiger partial charge in [-0.25, -0.2) is 9.97 Å². The largest absolute Gasteiger partial charge is 0.437 e. The van der Waals surface area contributed by atoms with Crippen molar-refractivity contribution in [3.05, 3.63) is 89.6 Å². The summed E-state index contributed by atoms with van der Waals surface area (Å²) in [6.07, 6.45) is 8.95. The van der Waals surface area contributed by atoms with E-state index in [9.17, 15) is 9.59 Å². The molecule has 4 heterocycles. The van der Waals surface area contributed by atoms with Crippen LogP contribution in [0.15, 0.2) is 73.4 Å². The molecule has 5 rings (SSSR count). The van der Waals surface area contributed by atoms with Crippen LogP contribution < -0.4 is 15.8 Å². The second-order valence-electron chi connectivity index (χ2n) is 8.02. The van der Waals surface area contributed by atoms with Gasteiger partial charge in [0.15, 0.2) is 5.82 Å². The minimum absolute atomic E-state index is 0.0518. The number of rotatable bonds is 7. The maximum Gasteiger partial charge on any atom is 0.254 e. The molecule has 4 aromatic heterocycles. The summed E-state index contributed by atoms with van der Waals surface area (Å²) in [5, 5.41) is 7.27. The minimum atomic E-state index is -0.664. The molecule has 3 N–H and O–H groups in total. The smallest absolute Gasteiger partial charge is 0.254 e. The van der Waals surface area contributed by atoms with E-state index in [1.807, 2.05) is 36.0 Å². The van der Waals surface area contributed by atoms with Crippen LogP contribution in [0.2, 0.25) is 5.02 Å². The normalized spacial score (nSPS) is 10.9. The van der Waals surface area contributed by atoms with Crippen LogP contribution in [0.3, 0.4) is 0 Å². The first-order valence-electron chi connectivity index (χ1n) is 10.8. The highest BCUT2D eigenvalue weighted by molar-refractivity contribution is 6.32. The van der Waals surface area contributed by atoms with Crippen molar-refractivity contribution in [2.75, 3.05) is 5.32 Å². The van der Waals surface area contributed by atoms with Gasteiger partial charge in [0.25, 0.3) is 5.91 Å². The van der Waals surface area contributed by atoms with Crippen LogP contribution in [-0.4, -0.2) is 36.0 Å². The lowest BCUT2D eigenvalue weighted by molar-refractivity contribution is -0.115. The second kappa shape index (κ2) is 9.51. The number of amides is 2. The molecule has 0 saturated heterocycles. The number of benzene rings is 1. The van der Waals surface area contributed by atoms with Crippen LogP contribution in [0.1, 0.15) is 15.9 Å². The predicted octanol–water partition coefficient (Wildman–Crippen LogP) is 3.86. The Hall–Kier alpha value is -4.70. The number of imidazole rings is 1. The maximum absolute atomic E-state index is 12.6. The maximum atomic E-state index is 12.6. The average molecular weight is 502 g/mol. The van der Waals surface area contributed by atoms with E-state index in [0.29, 0.717) is 17.0 Å². The number of aromatic nitrogens is 5. The molecular formula is C25H20ClN7O3. The van der Waals surface area contributed by atoms with E-state index >= 15 is 0 Å². The van der Waals surface area contributed by atoms with Gasteiger partial charge in [0, 0.05) is 36.8 Å². The molecule has 180 valence electrons. The topological polar surface area (TPSA) is 129 Å². The van der Waals surface area contributed by atoms with E-state index in [1.165, 1.54) is 12.3 Å². The highest BCUT2D eigenvalue weighted by Crippen LogP contribution is 2.31. The highest BCUT2D eigenvalue weighted by Gasteiger charge is 2.14. The number of hydrogen-bond acceptors (Lipinski definition) is 6. The minimum Gasteiger partial charge on any atom is -0.437 e. The van der Waals surface area contributed by atoms with Crippen LogP contribution in [0.4, 0.5) is 5.82 Å². The lowest BCUT2D eigenvalue weighted by atomic mass is 10.1. The zero-order valence-corrected chi connectivity index (χ0v) is 19.8. The van der Waals surface area contributed by atoms with Gasteiger partial charge in [-0.15, -0.1) is 0 Å². The number of anilines is 1. The van der Waals surface area contributed by atoms with Crippen LogP contribution in [0.25, 0.3) is 16.8 Å².